The van der Waals surface area contributed by atoms with E-state index in [0.29, 0.717) is 11.5 Å². The van der Waals surface area contributed by atoms with Crippen LogP contribution in [0.1, 0.15) is 17.5 Å². The Hall–Kier alpha value is -2.53. The van der Waals surface area contributed by atoms with Gasteiger partial charge in [0.1, 0.15) is 0 Å². The highest BCUT2D eigenvalue weighted by molar-refractivity contribution is 7.21. The Balaban J connectivity index is 2.12. The Kier molecular flexibility index (Phi) is 3.98. The fourth-order valence-electron chi connectivity index (χ4n) is 2.10. The zero-order valence-corrected chi connectivity index (χ0v) is 13.3. The van der Waals surface area contributed by atoms with E-state index in [2.05, 4.69) is 21.0 Å². The van der Waals surface area contributed by atoms with Crippen molar-refractivity contribution in [2.45, 2.75) is 13.8 Å². The minimum atomic E-state index is 0.683. The predicted molar refractivity (Wildman–Crippen MR) is 92.7 cm³/mol. The van der Waals surface area contributed by atoms with Crippen molar-refractivity contribution < 1.29 is 0 Å². The number of hydrogen-bond acceptors (Lipinski definition) is 5. The molecule has 3 heterocycles. The second-order valence-corrected chi connectivity index (χ2v) is 6.13. The summed E-state index contributed by atoms with van der Waals surface area (Å²) >= 11 is 1.67. The monoisotopic (exact) mass is 308 g/mol. The molecule has 110 valence electrons. The van der Waals surface area contributed by atoms with Crippen LogP contribution in [0.15, 0.2) is 59.5 Å². The third kappa shape index (κ3) is 3.20. The minimum Gasteiger partial charge on any atom is -0.402 e. The van der Waals surface area contributed by atoms with E-state index in [0.717, 1.165) is 21.7 Å². The average Bonchev–Trinajstić information content (AvgIpc) is 2.90. The van der Waals surface area contributed by atoms with Gasteiger partial charge in [0.05, 0.1) is 10.6 Å². The van der Waals surface area contributed by atoms with Gasteiger partial charge in [-0.1, -0.05) is 6.07 Å². The molecular formula is C17H16N4S. The van der Waals surface area contributed by atoms with E-state index in [-0.39, 0.29) is 0 Å². The first-order chi connectivity index (χ1) is 10.6. The van der Waals surface area contributed by atoms with Crippen LogP contribution >= 0.6 is 11.3 Å². The lowest BCUT2D eigenvalue weighted by Crippen LogP contribution is -2.00. The van der Waals surface area contributed by atoms with Crippen LogP contribution in [0.4, 0.5) is 5.82 Å². The Bertz CT molecular complexity index is 840. The van der Waals surface area contributed by atoms with E-state index in [1.807, 2.05) is 50.4 Å². The van der Waals surface area contributed by atoms with Crippen molar-refractivity contribution >= 4 is 33.0 Å². The van der Waals surface area contributed by atoms with Crippen LogP contribution in [0, 0.1) is 6.92 Å². The molecule has 0 radical (unpaired) electrons. The van der Waals surface area contributed by atoms with E-state index in [1.165, 1.54) is 4.70 Å². The Labute approximate surface area is 133 Å². The molecule has 3 rings (SSSR count). The van der Waals surface area contributed by atoms with Gasteiger partial charge in [0.15, 0.2) is 5.82 Å². The molecule has 0 amide bonds. The maximum absolute atomic E-state index is 5.86. The number of rotatable bonds is 3. The summed E-state index contributed by atoms with van der Waals surface area (Å²) in [7, 11) is 0. The number of aromatic nitrogens is 2. The molecule has 0 bridgehead atoms. The van der Waals surface area contributed by atoms with Gasteiger partial charge in [-0.25, -0.2) is 9.98 Å². The van der Waals surface area contributed by atoms with Gasteiger partial charge in [-0.2, -0.15) is 0 Å². The standard InChI is InChI=1S/C17H16N4S/c1-11(18)8-14(21-17-5-3-4-12(2)20-17)16-9-13-10-19-7-6-15(13)22-16/h3-10H,18H2,1-2H3/b11-8-,21-14-. The summed E-state index contributed by atoms with van der Waals surface area (Å²) in [6.07, 6.45) is 5.53. The quantitative estimate of drug-likeness (QED) is 0.744. The summed E-state index contributed by atoms with van der Waals surface area (Å²) < 4.78 is 1.18. The summed E-state index contributed by atoms with van der Waals surface area (Å²) in [6.45, 7) is 3.81. The van der Waals surface area contributed by atoms with Crippen LogP contribution in [-0.4, -0.2) is 15.7 Å². The highest BCUT2D eigenvalue weighted by atomic mass is 32.1. The van der Waals surface area contributed by atoms with Crippen LogP contribution in [0.5, 0.6) is 0 Å². The second-order valence-electron chi connectivity index (χ2n) is 5.05. The van der Waals surface area contributed by atoms with Crippen molar-refractivity contribution in [1.82, 2.24) is 9.97 Å². The van der Waals surface area contributed by atoms with Gasteiger partial charge < -0.3 is 5.73 Å². The topological polar surface area (TPSA) is 64.2 Å². The third-order valence-corrected chi connectivity index (χ3v) is 4.18. The highest BCUT2D eigenvalue weighted by Crippen LogP contribution is 2.26. The lowest BCUT2D eigenvalue weighted by atomic mass is 10.2. The number of pyridine rings is 2. The summed E-state index contributed by atoms with van der Waals surface area (Å²) in [6, 6.07) is 9.88. The van der Waals surface area contributed by atoms with E-state index >= 15 is 0 Å². The van der Waals surface area contributed by atoms with Gasteiger partial charge >= 0.3 is 0 Å². The van der Waals surface area contributed by atoms with Crippen molar-refractivity contribution in [3.05, 3.63) is 65.1 Å². The van der Waals surface area contributed by atoms with Gasteiger partial charge in [0.2, 0.25) is 0 Å². The number of fused-ring (bicyclic) bond motifs is 1. The van der Waals surface area contributed by atoms with E-state index in [4.69, 9.17) is 5.73 Å². The smallest absolute Gasteiger partial charge is 0.152 e. The molecule has 0 aromatic carbocycles. The van der Waals surface area contributed by atoms with Crippen LogP contribution in [-0.2, 0) is 0 Å². The molecule has 3 aromatic rings. The maximum atomic E-state index is 5.86. The average molecular weight is 308 g/mol. The summed E-state index contributed by atoms with van der Waals surface area (Å²) in [5.41, 5.74) is 8.33. The zero-order valence-electron chi connectivity index (χ0n) is 12.4. The van der Waals surface area contributed by atoms with Crippen LogP contribution in [0.25, 0.3) is 10.1 Å². The highest BCUT2D eigenvalue weighted by Gasteiger charge is 2.08. The molecule has 22 heavy (non-hydrogen) atoms. The van der Waals surface area contributed by atoms with Crippen molar-refractivity contribution in [2.75, 3.05) is 0 Å². The molecule has 4 nitrogen and oxygen atoms in total. The zero-order chi connectivity index (χ0) is 15.5. The number of allylic oxidation sites excluding steroid dienone is 2. The molecule has 0 unspecified atom stereocenters. The number of aliphatic imine (C=N–C) groups is 1. The largest absolute Gasteiger partial charge is 0.402 e. The lowest BCUT2D eigenvalue weighted by molar-refractivity contribution is 1.18. The minimum absolute atomic E-state index is 0.683. The molecule has 0 saturated heterocycles. The van der Waals surface area contributed by atoms with Gasteiger partial charge in [-0.3, -0.25) is 4.98 Å². The molecule has 0 spiro atoms. The Morgan fingerprint density at radius 2 is 2.18 bits per heavy atom. The van der Waals surface area contributed by atoms with E-state index in [9.17, 15) is 0 Å². The van der Waals surface area contributed by atoms with Crippen LogP contribution < -0.4 is 5.73 Å². The molecule has 0 fully saturated rings. The van der Waals surface area contributed by atoms with Crippen LogP contribution in [0.3, 0.4) is 0 Å². The number of aryl methyl sites for hydroxylation is 1. The van der Waals surface area contributed by atoms with Gasteiger partial charge in [0, 0.05) is 33.9 Å². The van der Waals surface area contributed by atoms with Gasteiger partial charge in [-0.15, -0.1) is 11.3 Å². The van der Waals surface area contributed by atoms with Crippen molar-refractivity contribution in [3.8, 4) is 0 Å². The molecule has 0 aliphatic carbocycles. The molecule has 3 aromatic heterocycles. The van der Waals surface area contributed by atoms with Crippen molar-refractivity contribution in [2.24, 2.45) is 10.7 Å². The normalized spacial score (nSPS) is 12.8. The molecule has 2 N–H and O–H groups in total. The number of thiophene rings is 1. The van der Waals surface area contributed by atoms with Crippen molar-refractivity contribution in [3.63, 3.8) is 0 Å². The molecule has 0 aliphatic heterocycles. The Morgan fingerprint density at radius 1 is 1.32 bits per heavy atom. The molecule has 0 saturated carbocycles. The fourth-order valence-corrected chi connectivity index (χ4v) is 3.09. The van der Waals surface area contributed by atoms with Gasteiger partial charge in [-0.05, 0) is 44.2 Å². The summed E-state index contributed by atoms with van der Waals surface area (Å²) in [5, 5.41) is 1.11. The molecule has 0 aliphatic rings. The maximum Gasteiger partial charge on any atom is 0.152 e. The number of hydrogen-bond donors (Lipinski definition) is 1. The van der Waals surface area contributed by atoms with E-state index in [1.54, 1.807) is 17.5 Å². The van der Waals surface area contributed by atoms with Crippen molar-refractivity contribution in [1.29, 1.82) is 0 Å². The first kappa shape index (κ1) is 14.4. The number of nitrogens with two attached hydrogens (primary N) is 1. The van der Waals surface area contributed by atoms with E-state index < -0.39 is 0 Å². The predicted octanol–water partition coefficient (Wildman–Crippen LogP) is 3.98. The first-order valence-corrected chi connectivity index (χ1v) is 7.73. The van der Waals surface area contributed by atoms with Gasteiger partial charge in [0.25, 0.3) is 0 Å². The summed E-state index contributed by atoms with van der Waals surface area (Å²) in [4.78, 5) is 14.3. The lowest BCUT2D eigenvalue weighted by Gasteiger charge is -2.01. The first-order valence-electron chi connectivity index (χ1n) is 6.92. The SMILES string of the molecule is C/C(N)=C/C(=N/c1cccc(C)n1)c1cc2cnccc2s1. The Morgan fingerprint density at radius 3 is 2.91 bits per heavy atom. The second kappa shape index (κ2) is 6.07. The molecule has 0 atom stereocenters. The fraction of sp³-hybridized carbons (Fsp3) is 0.118. The summed E-state index contributed by atoms with van der Waals surface area (Å²) in [5.74, 6) is 0.683. The third-order valence-electron chi connectivity index (χ3n) is 3.04. The van der Waals surface area contributed by atoms with Crippen LogP contribution in [0.2, 0.25) is 0 Å². The molecular weight excluding hydrogens is 292 g/mol. The number of nitrogens with zero attached hydrogens (tertiary/aromatic N) is 3. The molecule has 5 heteroatoms.